The van der Waals surface area contributed by atoms with Crippen LogP contribution in [0.2, 0.25) is 0 Å². The molecule has 4 rings (SSSR count). The molecule has 0 saturated heterocycles. The molecular formula is C24H22N4O4. The van der Waals surface area contributed by atoms with Gasteiger partial charge in [0.2, 0.25) is 0 Å². The Labute approximate surface area is 185 Å². The number of nitrogens with zero attached hydrogens (tertiary/aromatic N) is 3. The SMILES string of the molecule is Cc1cc(Oc2ncccn2)ccc1NC(=O)c1ccccc1OCc1c(C)noc1C. The average Bonchev–Trinajstić information content (AvgIpc) is 3.12. The highest BCUT2D eigenvalue weighted by Gasteiger charge is 2.16. The Morgan fingerprint density at radius 2 is 1.81 bits per heavy atom. The van der Waals surface area contributed by atoms with Crippen LogP contribution >= 0.6 is 0 Å². The number of hydrogen-bond donors (Lipinski definition) is 1. The third-order valence-electron chi connectivity index (χ3n) is 4.88. The van der Waals surface area contributed by atoms with E-state index in [0.717, 1.165) is 16.8 Å². The molecule has 32 heavy (non-hydrogen) atoms. The second kappa shape index (κ2) is 9.30. The Morgan fingerprint density at radius 3 is 2.53 bits per heavy atom. The first-order valence-electron chi connectivity index (χ1n) is 10.0. The number of carbonyl (C=O) groups excluding carboxylic acids is 1. The van der Waals surface area contributed by atoms with Crippen LogP contribution in [-0.4, -0.2) is 21.0 Å². The van der Waals surface area contributed by atoms with Crippen LogP contribution in [-0.2, 0) is 6.61 Å². The number of nitrogens with one attached hydrogen (secondary N) is 1. The first kappa shape index (κ1) is 21.0. The number of aromatic nitrogens is 3. The highest BCUT2D eigenvalue weighted by atomic mass is 16.5. The number of hydrogen-bond acceptors (Lipinski definition) is 7. The number of benzene rings is 2. The zero-order chi connectivity index (χ0) is 22.5. The Hall–Kier alpha value is -4.20. The van der Waals surface area contributed by atoms with Crippen LogP contribution < -0.4 is 14.8 Å². The smallest absolute Gasteiger partial charge is 0.321 e. The second-order valence-electron chi connectivity index (χ2n) is 7.15. The fourth-order valence-electron chi connectivity index (χ4n) is 3.11. The normalized spacial score (nSPS) is 10.6. The van der Waals surface area contributed by atoms with Gasteiger partial charge in [0.05, 0.1) is 16.8 Å². The highest BCUT2D eigenvalue weighted by Crippen LogP contribution is 2.26. The molecule has 8 heteroatoms. The van der Waals surface area contributed by atoms with E-state index in [1.807, 2.05) is 32.9 Å². The lowest BCUT2D eigenvalue weighted by molar-refractivity contribution is 0.102. The van der Waals surface area contributed by atoms with Crippen LogP contribution in [0.5, 0.6) is 17.5 Å². The first-order chi connectivity index (χ1) is 15.5. The Balaban J connectivity index is 1.47. The minimum atomic E-state index is -0.275. The van der Waals surface area contributed by atoms with Crippen molar-refractivity contribution in [3.8, 4) is 17.5 Å². The zero-order valence-electron chi connectivity index (χ0n) is 18.0. The number of aryl methyl sites for hydroxylation is 3. The van der Waals surface area contributed by atoms with Crippen LogP contribution in [0.1, 0.15) is 32.9 Å². The van der Waals surface area contributed by atoms with Crippen molar-refractivity contribution >= 4 is 11.6 Å². The molecule has 2 aromatic heterocycles. The fourth-order valence-corrected chi connectivity index (χ4v) is 3.11. The van der Waals surface area contributed by atoms with E-state index in [9.17, 15) is 4.79 Å². The van der Waals surface area contributed by atoms with E-state index in [2.05, 4.69) is 20.4 Å². The molecule has 0 radical (unpaired) electrons. The quantitative estimate of drug-likeness (QED) is 0.440. The van der Waals surface area contributed by atoms with Gasteiger partial charge in [-0.25, -0.2) is 9.97 Å². The van der Waals surface area contributed by atoms with E-state index in [4.69, 9.17) is 14.0 Å². The summed E-state index contributed by atoms with van der Waals surface area (Å²) in [5, 5.41) is 6.87. The van der Waals surface area contributed by atoms with Gasteiger partial charge in [-0.05, 0) is 62.7 Å². The van der Waals surface area contributed by atoms with Crippen molar-refractivity contribution in [2.45, 2.75) is 27.4 Å². The van der Waals surface area contributed by atoms with Crippen molar-refractivity contribution in [3.63, 3.8) is 0 Å². The lowest BCUT2D eigenvalue weighted by Crippen LogP contribution is -2.14. The monoisotopic (exact) mass is 430 g/mol. The van der Waals surface area contributed by atoms with Gasteiger partial charge in [0, 0.05) is 18.1 Å². The molecule has 0 aliphatic carbocycles. The van der Waals surface area contributed by atoms with Gasteiger partial charge in [0.15, 0.2) is 0 Å². The summed E-state index contributed by atoms with van der Waals surface area (Å²) in [7, 11) is 0. The summed E-state index contributed by atoms with van der Waals surface area (Å²) in [6.45, 7) is 5.83. The summed E-state index contributed by atoms with van der Waals surface area (Å²) in [6, 6.07) is 14.4. The molecule has 0 spiro atoms. The molecule has 0 fully saturated rings. The van der Waals surface area contributed by atoms with Crippen LogP contribution in [0.15, 0.2) is 65.4 Å². The lowest BCUT2D eigenvalue weighted by atomic mass is 10.1. The van der Waals surface area contributed by atoms with E-state index in [-0.39, 0.29) is 18.5 Å². The zero-order valence-corrected chi connectivity index (χ0v) is 18.0. The maximum atomic E-state index is 13.0. The van der Waals surface area contributed by atoms with E-state index >= 15 is 0 Å². The second-order valence-corrected chi connectivity index (χ2v) is 7.15. The predicted octanol–water partition coefficient (Wildman–Crippen LogP) is 5.01. The van der Waals surface area contributed by atoms with E-state index < -0.39 is 0 Å². The molecule has 4 aromatic rings. The maximum absolute atomic E-state index is 13.0. The van der Waals surface area contributed by atoms with Gasteiger partial charge in [-0.2, -0.15) is 0 Å². The topological polar surface area (TPSA) is 99.4 Å². The standard InChI is InChI=1S/C24H22N4O4/c1-15-13-18(31-24-25-11-6-12-26-24)9-10-21(15)27-23(29)19-7-4-5-8-22(19)30-14-20-16(2)28-32-17(20)3/h4-13H,14H2,1-3H3,(H,27,29). The van der Waals surface area contributed by atoms with Gasteiger partial charge >= 0.3 is 6.01 Å². The maximum Gasteiger partial charge on any atom is 0.321 e. The largest absolute Gasteiger partial charge is 0.488 e. The van der Waals surface area contributed by atoms with Gasteiger partial charge in [0.1, 0.15) is 23.9 Å². The van der Waals surface area contributed by atoms with E-state index in [1.165, 1.54) is 0 Å². The number of para-hydroxylation sites is 1. The molecule has 0 aliphatic heterocycles. The van der Waals surface area contributed by atoms with Crippen molar-refractivity contribution in [3.05, 3.63) is 89.1 Å². The molecular weight excluding hydrogens is 408 g/mol. The van der Waals surface area contributed by atoms with Gasteiger partial charge in [0.25, 0.3) is 5.91 Å². The van der Waals surface area contributed by atoms with Crippen LogP contribution in [0.4, 0.5) is 5.69 Å². The molecule has 2 aromatic carbocycles. The molecule has 0 atom stereocenters. The van der Waals surface area contributed by atoms with Crippen molar-refractivity contribution in [1.82, 2.24) is 15.1 Å². The molecule has 8 nitrogen and oxygen atoms in total. The van der Waals surface area contributed by atoms with Crippen molar-refractivity contribution in [1.29, 1.82) is 0 Å². The number of amides is 1. The highest BCUT2D eigenvalue weighted by molar-refractivity contribution is 6.06. The number of anilines is 1. The Kier molecular flexibility index (Phi) is 6.12. The summed E-state index contributed by atoms with van der Waals surface area (Å²) >= 11 is 0. The molecule has 2 heterocycles. The number of ether oxygens (including phenoxy) is 2. The van der Waals surface area contributed by atoms with Gasteiger partial charge in [-0.15, -0.1) is 0 Å². The van der Waals surface area contributed by atoms with Crippen molar-refractivity contribution in [2.24, 2.45) is 0 Å². The van der Waals surface area contributed by atoms with Gasteiger partial charge < -0.3 is 19.3 Å². The molecule has 0 aliphatic rings. The summed E-state index contributed by atoms with van der Waals surface area (Å²) < 4.78 is 16.7. The minimum absolute atomic E-state index is 0.257. The molecule has 1 N–H and O–H groups in total. The van der Waals surface area contributed by atoms with Crippen LogP contribution in [0, 0.1) is 20.8 Å². The van der Waals surface area contributed by atoms with Gasteiger partial charge in [-0.3, -0.25) is 4.79 Å². The van der Waals surface area contributed by atoms with E-state index in [1.54, 1.807) is 48.8 Å². The summed E-state index contributed by atoms with van der Waals surface area (Å²) in [4.78, 5) is 21.1. The Bertz CT molecular complexity index is 1220. The third kappa shape index (κ3) is 4.75. The number of rotatable bonds is 7. The summed E-state index contributed by atoms with van der Waals surface area (Å²) in [5.41, 5.74) is 3.56. The lowest BCUT2D eigenvalue weighted by Gasteiger charge is -2.13. The Morgan fingerprint density at radius 1 is 1.03 bits per heavy atom. The number of carbonyl (C=O) groups is 1. The van der Waals surface area contributed by atoms with E-state index in [0.29, 0.717) is 28.5 Å². The average molecular weight is 430 g/mol. The summed E-state index contributed by atoms with van der Waals surface area (Å²) in [6.07, 6.45) is 3.21. The predicted molar refractivity (Wildman–Crippen MR) is 118 cm³/mol. The first-order valence-corrected chi connectivity index (χ1v) is 10.0. The van der Waals surface area contributed by atoms with Gasteiger partial charge in [-0.1, -0.05) is 17.3 Å². The third-order valence-corrected chi connectivity index (χ3v) is 4.88. The molecule has 0 bridgehead atoms. The van der Waals surface area contributed by atoms with Crippen molar-refractivity contribution in [2.75, 3.05) is 5.32 Å². The minimum Gasteiger partial charge on any atom is -0.488 e. The molecule has 0 unspecified atom stereocenters. The molecule has 0 saturated carbocycles. The van der Waals surface area contributed by atoms with Crippen molar-refractivity contribution < 1.29 is 18.8 Å². The van der Waals surface area contributed by atoms with Crippen LogP contribution in [0.3, 0.4) is 0 Å². The van der Waals surface area contributed by atoms with Crippen LogP contribution in [0.25, 0.3) is 0 Å². The molecule has 1 amide bonds. The summed E-state index contributed by atoms with van der Waals surface area (Å²) in [5.74, 6) is 1.48. The fraction of sp³-hybridized carbons (Fsp3) is 0.167. The molecule has 162 valence electrons.